The van der Waals surface area contributed by atoms with Gasteiger partial charge in [-0.1, -0.05) is 41.5 Å². The maximum Gasteiger partial charge on any atom is 0.108 e. The van der Waals surface area contributed by atoms with E-state index in [1.54, 1.807) is 13.8 Å². The molecule has 1 saturated heterocycles. The zero-order valence-corrected chi connectivity index (χ0v) is 23.9. The highest BCUT2D eigenvalue weighted by molar-refractivity contribution is 5.35. The minimum atomic E-state index is -1.24. The second-order valence-electron chi connectivity index (χ2n) is 16.0. The van der Waals surface area contributed by atoms with Crippen molar-refractivity contribution in [2.24, 2.45) is 56.7 Å². The zero-order chi connectivity index (χ0) is 26.4. The van der Waals surface area contributed by atoms with Gasteiger partial charge in [0, 0.05) is 5.41 Å². The van der Waals surface area contributed by atoms with E-state index in [0.717, 1.165) is 38.5 Å². The van der Waals surface area contributed by atoms with E-state index < -0.39 is 23.9 Å². The first-order valence-electron chi connectivity index (χ1n) is 14.9. The summed E-state index contributed by atoms with van der Waals surface area (Å²) in [5, 5.41) is 44.7. The van der Waals surface area contributed by atoms with Crippen LogP contribution in [-0.4, -0.2) is 56.5 Å². The SMILES string of the molecule is C[C@H]1[C@@]23CCC4(C)[C@H]5[C@H](O[C@@H]([C@@H](O)C(C)(C)O)C[C@H]5C)[C@H](O)[C@@]4(C)[C@@H]2CC[C@H]2C(C)(C)[C@@H](O)CC[C@@]123. The second kappa shape index (κ2) is 7.30. The van der Waals surface area contributed by atoms with Gasteiger partial charge in [-0.3, -0.25) is 0 Å². The molecule has 0 aromatic rings. The van der Waals surface area contributed by atoms with Crippen molar-refractivity contribution in [3.63, 3.8) is 0 Å². The smallest absolute Gasteiger partial charge is 0.108 e. The van der Waals surface area contributed by atoms with Gasteiger partial charge in [0.15, 0.2) is 0 Å². The summed E-state index contributed by atoms with van der Waals surface area (Å²) in [5.41, 5.74) is -1.00. The second-order valence-corrected chi connectivity index (χ2v) is 16.0. The van der Waals surface area contributed by atoms with Gasteiger partial charge in [-0.25, -0.2) is 0 Å². The fourth-order valence-corrected chi connectivity index (χ4v) is 12.7. The molecule has 0 aromatic heterocycles. The first-order chi connectivity index (χ1) is 16.5. The fraction of sp³-hybridized carbons (Fsp3) is 1.00. The Balaban J connectivity index is 1.39. The van der Waals surface area contributed by atoms with Crippen LogP contribution in [0.15, 0.2) is 0 Å². The average Bonchev–Trinajstić information content (AvgIpc) is 3.27. The lowest BCUT2D eigenvalue weighted by Crippen LogP contribution is -2.59. The van der Waals surface area contributed by atoms with Crippen LogP contribution in [0.4, 0.5) is 0 Å². The Morgan fingerprint density at radius 2 is 1.50 bits per heavy atom. The minimum Gasteiger partial charge on any atom is -0.393 e. The van der Waals surface area contributed by atoms with E-state index in [4.69, 9.17) is 4.74 Å². The van der Waals surface area contributed by atoms with Gasteiger partial charge in [-0.15, -0.1) is 0 Å². The van der Waals surface area contributed by atoms with Crippen LogP contribution in [0.5, 0.6) is 0 Å². The first-order valence-corrected chi connectivity index (χ1v) is 14.9. The molecule has 6 rings (SSSR count). The number of hydrogen-bond acceptors (Lipinski definition) is 5. The maximum atomic E-state index is 12.3. The lowest BCUT2D eigenvalue weighted by Gasteiger charge is -2.63. The predicted octanol–water partition coefficient (Wildman–Crippen LogP) is 4.54. The van der Waals surface area contributed by atoms with Crippen molar-refractivity contribution in [1.82, 2.24) is 0 Å². The van der Waals surface area contributed by atoms with Gasteiger partial charge in [0.2, 0.25) is 0 Å². The molecule has 14 atom stereocenters. The summed E-state index contributed by atoms with van der Waals surface area (Å²) in [7, 11) is 0. The van der Waals surface area contributed by atoms with Crippen LogP contribution in [0.3, 0.4) is 0 Å². The highest BCUT2D eigenvalue weighted by Gasteiger charge is 2.87. The fourth-order valence-electron chi connectivity index (χ4n) is 12.7. The maximum absolute atomic E-state index is 12.3. The Hall–Kier alpha value is -0.200. The highest BCUT2D eigenvalue weighted by atomic mass is 16.5. The number of aliphatic hydroxyl groups excluding tert-OH is 3. The first kappa shape index (κ1) is 26.0. The lowest BCUT2D eigenvalue weighted by molar-refractivity contribution is -0.202. The molecule has 1 heterocycles. The summed E-state index contributed by atoms with van der Waals surface area (Å²) in [6.45, 7) is 17.5. The molecule has 1 aliphatic heterocycles. The molecule has 36 heavy (non-hydrogen) atoms. The van der Waals surface area contributed by atoms with E-state index in [2.05, 4.69) is 41.5 Å². The summed E-state index contributed by atoms with van der Waals surface area (Å²) in [4.78, 5) is 0. The van der Waals surface area contributed by atoms with Crippen LogP contribution < -0.4 is 0 Å². The topological polar surface area (TPSA) is 90.2 Å². The molecule has 4 N–H and O–H groups in total. The minimum absolute atomic E-state index is 0.0168. The molecule has 6 aliphatic rings. The monoisotopic (exact) mass is 504 g/mol. The molecule has 5 nitrogen and oxygen atoms in total. The van der Waals surface area contributed by atoms with Gasteiger partial charge >= 0.3 is 0 Å². The average molecular weight is 505 g/mol. The number of aliphatic hydroxyl groups is 4. The largest absolute Gasteiger partial charge is 0.393 e. The molecule has 0 radical (unpaired) electrons. The van der Waals surface area contributed by atoms with Gasteiger partial charge < -0.3 is 25.2 Å². The summed E-state index contributed by atoms with van der Waals surface area (Å²) < 4.78 is 6.62. The molecule has 2 spiro atoms. The molecule has 5 heteroatoms. The van der Waals surface area contributed by atoms with E-state index in [1.807, 2.05) is 0 Å². The van der Waals surface area contributed by atoms with E-state index in [0.29, 0.717) is 29.1 Å². The molecule has 0 bridgehead atoms. The third-order valence-corrected chi connectivity index (χ3v) is 14.6. The lowest BCUT2D eigenvalue weighted by atomic mass is 9.41. The summed E-state index contributed by atoms with van der Waals surface area (Å²) >= 11 is 0. The number of fused-ring (bicyclic) bond motifs is 4. The predicted molar refractivity (Wildman–Crippen MR) is 139 cm³/mol. The molecule has 6 fully saturated rings. The summed E-state index contributed by atoms with van der Waals surface area (Å²) in [5.74, 6) is 2.21. The number of rotatable bonds is 2. The van der Waals surface area contributed by atoms with Crippen LogP contribution in [0.1, 0.15) is 100 Å². The highest BCUT2D eigenvalue weighted by Crippen LogP contribution is 2.91. The quantitative estimate of drug-likeness (QED) is 0.443. The summed E-state index contributed by atoms with van der Waals surface area (Å²) in [6.07, 6.45) is 4.85. The van der Waals surface area contributed by atoms with E-state index in [-0.39, 0.29) is 39.8 Å². The Kier molecular flexibility index (Phi) is 5.28. The molecular weight excluding hydrogens is 452 g/mol. The Bertz CT molecular complexity index is 926. The van der Waals surface area contributed by atoms with Crippen molar-refractivity contribution < 1.29 is 25.2 Å². The number of hydrogen-bond donors (Lipinski definition) is 4. The molecule has 5 aliphatic carbocycles. The van der Waals surface area contributed by atoms with Gasteiger partial charge in [0.05, 0.1) is 30.0 Å². The van der Waals surface area contributed by atoms with Crippen LogP contribution in [-0.2, 0) is 4.74 Å². The third kappa shape index (κ3) is 2.62. The Morgan fingerprint density at radius 3 is 2.14 bits per heavy atom. The standard InChI is InChI=1S/C31H52O5/c1-16-15-18(24(33)27(5,6)35)36-23-22(16)28(7)13-14-31-17(2)30(31)12-11-21(32)26(3,4)19(30)9-10-20(31)29(28,8)25(23)34/h16-25,32-35H,9-15H2,1-8H3/t16-,17-,18-,19+,20+,21+,22-,23+,24-,25+,28?,29-,30-,31+/m1/s1. The molecule has 5 saturated carbocycles. The van der Waals surface area contributed by atoms with Crippen molar-refractivity contribution in [2.75, 3.05) is 0 Å². The molecular formula is C31H52O5. The number of ether oxygens (including phenoxy) is 1. The van der Waals surface area contributed by atoms with E-state index in [1.165, 1.54) is 6.42 Å². The van der Waals surface area contributed by atoms with Gasteiger partial charge in [-0.05, 0) is 110 Å². The van der Waals surface area contributed by atoms with Crippen molar-refractivity contribution in [3.05, 3.63) is 0 Å². The van der Waals surface area contributed by atoms with Crippen molar-refractivity contribution in [1.29, 1.82) is 0 Å². The summed E-state index contributed by atoms with van der Waals surface area (Å²) in [6, 6.07) is 0. The zero-order valence-electron chi connectivity index (χ0n) is 23.9. The van der Waals surface area contributed by atoms with Gasteiger partial charge in [-0.2, -0.15) is 0 Å². The van der Waals surface area contributed by atoms with Crippen molar-refractivity contribution in [3.8, 4) is 0 Å². The molecule has 206 valence electrons. The Morgan fingerprint density at radius 1 is 0.889 bits per heavy atom. The van der Waals surface area contributed by atoms with Crippen LogP contribution >= 0.6 is 0 Å². The van der Waals surface area contributed by atoms with Crippen molar-refractivity contribution >= 4 is 0 Å². The van der Waals surface area contributed by atoms with E-state index in [9.17, 15) is 20.4 Å². The third-order valence-electron chi connectivity index (χ3n) is 14.6. The van der Waals surface area contributed by atoms with Crippen LogP contribution in [0.2, 0.25) is 0 Å². The molecule has 0 amide bonds. The molecule has 1 unspecified atom stereocenters. The van der Waals surface area contributed by atoms with Gasteiger partial charge in [0.1, 0.15) is 6.10 Å². The van der Waals surface area contributed by atoms with Crippen LogP contribution in [0, 0.1) is 56.7 Å². The van der Waals surface area contributed by atoms with E-state index >= 15 is 0 Å². The van der Waals surface area contributed by atoms with Gasteiger partial charge in [0.25, 0.3) is 0 Å². The molecule has 0 aromatic carbocycles. The van der Waals surface area contributed by atoms with Crippen LogP contribution in [0.25, 0.3) is 0 Å². The Labute approximate surface area is 218 Å². The van der Waals surface area contributed by atoms with Crippen molar-refractivity contribution in [2.45, 2.75) is 136 Å². The normalized spacial score (nSPS) is 60.2.